The summed E-state index contributed by atoms with van der Waals surface area (Å²) < 4.78 is 19.7. The van der Waals surface area contributed by atoms with E-state index >= 15 is 0 Å². The van der Waals surface area contributed by atoms with Gasteiger partial charge < -0.3 is 4.74 Å². The number of rotatable bonds is 6. The van der Waals surface area contributed by atoms with Gasteiger partial charge in [0, 0.05) is 11.0 Å². The van der Waals surface area contributed by atoms with Gasteiger partial charge in [0.05, 0.1) is 6.10 Å². The minimum Gasteiger partial charge on any atom is -0.373 e. The zero-order valence-corrected chi connectivity index (χ0v) is 11.3. The van der Waals surface area contributed by atoms with Crippen molar-refractivity contribution >= 4 is 22.6 Å². The van der Waals surface area contributed by atoms with Crippen LogP contribution in [0.3, 0.4) is 0 Å². The number of hydrogen-bond donors (Lipinski definition) is 0. The van der Waals surface area contributed by atoms with Crippen LogP contribution in [0.1, 0.15) is 30.9 Å². The maximum absolute atomic E-state index is 13.1. The molecule has 0 bridgehead atoms. The third-order valence-corrected chi connectivity index (χ3v) is 3.70. The highest BCUT2D eigenvalue weighted by molar-refractivity contribution is 14.1. The Balaban J connectivity index is 1.87. The lowest BCUT2D eigenvalue weighted by molar-refractivity contribution is 0.0663. The fourth-order valence-corrected chi connectivity index (χ4v) is 2.48. The Bertz CT molecular complexity index is 338. The summed E-state index contributed by atoms with van der Waals surface area (Å²) in [5.41, 5.74) is 0.949. The molecule has 1 aromatic carbocycles. The number of alkyl halides is 1. The van der Waals surface area contributed by atoms with Crippen molar-refractivity contribution in [3.8, 4) is 0 Å². The van der Waals surface area contributed by atoms with Gasteiger partial charge in [-0.25, -0.2) is 4.39 Å². The molecule has 1 fully saturated rings. The van der Waals surface area contributed by atoms with Crippen molar-refractivity contribution in [1.82, 2.24) is 0 Å². The molecule has 88 valence electrons. The molecular formula is C13H16FIO. The van der Waals surface area contributed by atoms with Crippen molar-refractivity contribution in [3.05, 3.63) is 35.6 Å². The van der Waals surface area contributed by atoms with Crippen molar-refractivity contribution in [3.63, 3.8) is 0 Å². The average Bonchev–Trinajstić information content (AvgIpc) is 3.08. The maximum atomic E-state index is 13.1. The first-order valence-corrected chi connectivity index (χ1v) is 7.25. The number of benzene rings is 1. The standard InChI is InChI=1S/C13H16FIO/c14-12-3-1-2-11(8-12)13(9-15)16-7-6-10-4-5-10/h1-3,8,10,13H,4-7,9H2. The largest absolute Gasteiger partial charge is 0.373 e. The van der Waals surface area contributed by atoms with E-state index in [0.29, 0.717) is 0 Å². The third-order valence-electron chi connectivity index (χ3n) is 2.90. The molecule has 2 rings (SSSR count). The molecule has 1 nitrogen and oxygen atoms in total. The van der Waals surface area contributed by atoms with E-state index < -0.39 is 0 Å². The third kappa shape index (κ3) is 3.70. The second-order valence-electron chi connectivity index (χ2n) is 4.30. The van der Waals surface area contributed by atoms with Crippen molar-refractivity contribution in [2.45, 2.75) is 25.4 Å². The summed E-state index contributed by atoms with van der Waals surface area (Å²) in [5.74, 6) is 0.709. The Morgan fingerprint density at radius 3 is 2.88 bits per heavy atom. The van der Waals surface area contributed by atoms with Gasteiger partial charge in [-0.05, 0) is 30.0 Å². The first-order chi connectivity index (χ1) is 7.79. The van der Waals surface area contributed by atoms with Crippen molar-refractivity contribution in [2.24, 2.45) is 5.92 Å². The van der Waals surface area contributed by atoms with Gasteiger partial charge in [-0.3, -0.25) is 0 Å². The molecule has 1 aliphatic carbocycles. The summed E-state index contributed by atoms with van der Waals surface area (Å²) in [6.07, 6.45) is 3.91. The minimum absolute atomic E-state index is 0.0371. The van der Waals surface area contributed by atoms with Crippen molar-refractivity contribution in [1.29, 1.82) is 0 Å². The Hall–Kier alpha value is -0.160. The van der Waals surface area contributed by atoms with Crippen LogP contribution in [0.15, 0.2) is 24.3 Å². The summed E-state index contributed by atoms with van der Waals surface area (Å²) in [7, 11) is 0. The first-order valence-electron chi connectivity index (χ1n) is 5.72. The Labute approximate surface area is 110 Å². The fourth-order valence-electron chi connectivity index (χ4n) is 1.72. The predicted octanol–water partition coefficient (Wildman–Crippen LogP) is 4.12. The summed E-state index contributed by atoms with van der Waals surface area (Å²) in [4.78, 5) is 0. The lowest BCUT2D eigenvalue weighted by Gasteiger charge is -2.15. The zero-order chi connectivity index (χ0) is 11.4. The van der Waals surface area contributed by atoms with E-state index in [2.05, 4.69) is 22.6 Å². The Morgan fingerprint density at radius 1 is 1.44 bits per heavy atom. The van der Waals surface area contributed by atoms with Crippen LogP contribution in [-0.2, 0) is 4.74 Å². The number of halogens is 2. The fraction of sp³-hybridized carbons (Fsp3) is 0.538. The molecule has 0 N–H and O–H groups in total. The van der Waals surface area contributed by atoms with Gasteiger partial charge in [0.25, 0.3) is 0 Å². The highest BCUT2D eigenvalue weighted by atomic mass is 127. The maximum Gasteiger partial charge on any atom is 0.123 e. The van der Waals surface area contributed by atoms with Crippen LogP contribution in [0, 0.1) is 11.7 Å². The van der Waals surface area contributed by atoms with Gasteiger partial charge in [0.2, 0.25) is 0 Å². The van der Waals surface area contributed by atoms with Crippen LogP contribution in [0.25, 0.3) is 0 Å². The smallest absolute Gasteiger partial charge is 0.123 e. The molecule has 0 amide bonds. The molecule has 0 radical (unpaired) electrons. The molecule has 0 heterocycles. The zero-order valence-electron chi connectivity index (χ0n) is 9.16. The summed E-state index contributed by atoms with van der Waals surface area (Å²) >= 11 is 2.29. The molecule has 1 unspecified atom stereocenters. The molecular weight excluding hydrogens is 318 g/mol. The van der Waals surface area contributed by atoms with Crippen LogP contribution in [0.4, 0.5) is 4.39 Å². The lowest BCUT2D eigenvalue weighted by Crippen LogP contribution is -2.07. The van der Waals surface area contributed by atoms with Crippen LogP contribution in [0.2, 0.25) is 0 Å². The molecule has 3 heteroatoms. The van der Waals surface area contributed by atoms with Crippen LogP contribution in [-0.4, -0.2) is 11.0 Å². The quantitative estimate of drug-likeness (QED) is 0.562. The SMILES string of the molecule is Fc1cccc(C(CI)OCCC2CC2)c1. The highest BCUT2D eigenvalue weighted by Crippen LogP contribution is 2.33. The summed E-state index contributed by atoms with van der Waals surface area (Å²) in [5, 5.41) is 0. The van der Waals surface area contributed by atoms with E-state index in [1.807, 2.05) is 6.07 Å². The average molecular weight is 334 g/mol. The van der Waals surface area contributed by atoms with E-state index in [9.17, 15) is 4.39 Å². The van der Waals surface area contributed by atoms with Gasteiger partial charge in [0.1, 0.15) is 5.82 Å². The van der Waals surface area contributed by atoms with Crippen molar-refractivity contribution < 1.29 is 9.13 Å². The first kappa shape index (κ1) is 12.3. The van der Waals surface area contributed by atoms with Crippen molar-refractivity contribution in [2.75, 3.05) is 11.0 Å². The van der Waals surface area contributed by atoms with E-state index in [1.165, 1.54) is 18.9 Å². The van der Waals surface area contributed by atoms with Gasteiger partial charge in [-0.1, -0.05) is 47.6 Å². The lowest BCUT2D eigenvalue weighted by atomic mass is 10.1. The molecule has 0 aliphatic heterocycles. The molecule has 1 aliphatic rings. The van der Waals surface area contributed by atoms with Gasteiger partial charge >= 0.3 is 0 Å². The minimum atomic E-state index is -0.182. The Kier molecular flexibility index (Phi) is 4.58. The molecule has 0 aromatic heterocycles. The van der Waals surface area contributed by atoms with Crippen LogP contribution < -0.4 is 0 Å². The van der Waals surface area contributed by atoms with E-state index in [1.54, 1.807) is 12.1 Å². The van der Waals surface area contributed by atoms with E-state index in [4.69, 9.17) is 4.74 Å². The van der Waals surface area contributed by atoms with Gasteiger partial charge in [-0.15, -0.1) is 0 Å². The normalized spacial score (nSPS) is 17.4. The van der Waals surface area contributed by atoms with Crippen LogP contribution in [0.5, 0.6) is 0 Å². The second kappa shape index (κ2) is 5.96. The topological polar surface area (TPSA) is 9.23 Å². The van der Waals surface area contributed by atoms with E-state index in [0.717, 1.165) is 28.9 Å². The number of hydrogen-bond acceptors (Lipinski definition) is 1. The monoisotopic (exact) mass is 334 g/mol. The van der Waals surface area contributed by atoms with Crippen LogP contribution >= 0.6 is 22.6 Å². The molecule has 0 spiro atoms. The predicted molar refractivity (Wildman–Crippen MR) is 71.3 cm³/mol. The second-order valence-corrected chi connectivity index (χ2v) is 5.18. The highest BCUT2D eigenvalue weighted by Gasteiger charge is 2.21. The molecule has 1 atom stereocenters. The Morgan fingerprint density at radius 2 is 2.25 bits per heavy atom. The van der Waals surface area contributed by atoms with E-state index in [-0.39, 0.29) is 11.9 Å². The molecule has 1 aromatic rings. The molecule has 0 saturated heterocycles. The molecule has 1 saturated carbocycles. The summed E-state index contributed by atoms with van der Waals surface area (Å²) in [6.45, 7) is 0.800. The summed E-state index contributed by atoms with van der Waals surface area (Å²) in [6, 6.07) is 6.72. The van der Waals surface area contributed by atoms with Gasteiger partial charge in [0.15, 0.2) is 0 Å². The van der Waals surface area contributed by atoms with Gasteiger partial charge in [-0.2, -0.15) is 0 Å². The molecule has 16 heavy (non-hydrogen) atoms. The number of ether oxygens (including phenoxy) is 1.